The molecule has 0 bridgehead atoms. The fourth-order valence-corrected chi connectivity index (χ4v) is 3.63. The Morgan fingerprint density at radius 3 is 2.48 bits per heavy atom. The standard InChI is InChI=1S/C18H19NO3S/c1-23(21,22)15-11-9-14(10-12-15)18(20)19-17-8-4-6-13-5-2-3-7-16(13)17/h2-3,5,7,9-12,17H,4,6,8H2,1H3,(H,19,20)/t17-/m0/s1. The lowest BCUT2D eigenvalue weighted by molar-refractivity contribution is 0.0932. The van der Waals surface area contributed by atoms with Crippen LogP contribution in [0.1, 0.15) is 40.4 Å². The molecule has 1 aliphatic rings. The SMILES string of the molecule is CS(=O)(=O)c1ccc(C(=O)N[C@H]2CCCc3ccccc32)cc1. The van der Waals surface area contributed by atoms with E-state index in [4.69, 9.17) is 0 Å². The summed E-state index contributed by atoms with van der Waals surface area (Å²) in [5.41, 5.74) is 2.94. The van der Waals surface area contributed by atoms with Gasteiger partial charge in [-0.15, -0.1) is 0 Å². The molecule has 3 rings (SSSR count). The molecule has 4 nitrogen and oxygen atoms in total. The van der Waals surface area contributed by atoms with Gasteiger partial charge in [-0.1, -0.05) is 24.3 Å². The van der Waals surface area contributed by atoms with Crippen LogP contribution in [0.2, 0.25) is 0 Å². The molecule has 0 fully saturated rings. The van der Waals surface area contributed by atoms with Crippen LogP contribution in [0.4, 0.5) is 0 Å². The third-order valence-corrected chi connectivity index (χ3v) is 5.35. The van der Waals surface area contributed by atoms with Crippen LogP contribution in [0.15, 0.2) is 53.4 Å². The lowest BCUT2D eigenvalue weighted by atomic mass is 9.87. The maximum Gasteiger partial charge on any atom is 0.251 e. The Labute approximate surface area is 136 Å². The van der Waals surface area contributed by atoms with Gasteiger partial charge in [0.25, 0.3) is 5.91 Å². The molecule has 1 amide bonds. The first-order chi connectivity index (χ1) is 10.9. The third-order valence-electron chi connectivity index (χ3n) is 4.22. The number of nitrogens with one attached hydrogen (secondary N) is 1. The fourth-order valence-electron chi connectivity index (χ4n) is 3.00. The average molecular weight is 329 g/mol. The zero-order valence-corrected chi connectivity index (χ0v) is 13.8. The Kier molecular flexibility index (Phi) is 4.22. The van der Waals surface area contributed by atoms with Gasteiger partial charge < -0.3 is 5.32 Å². The van der Waals surface area contributed by atoms with E-state index < -0.39 is 9.84 Å². The molecule has 0 heterocycles. The van der Waals surface area contributed by atoms with Crippen molar-refractivity contribution in [3.63, 3.8) is 0 Å². The van der Waals surface area contributed by atoms with Gasteiger partial charge in [0.2, 0.25) is 0 Å². The highest BCUT2D eigenvalue weighted by molar-refractivity contribution is 7.90. The Morgan fingerprint density at radius 1 is 1.09 bits per heavy atom. The monoisotopic (exact) mass is 329 g/mol. The van der Waals surface area contributed by atoms with Crippen molar-refractivity contribution < 1.29 is 13.2 Å². The van der Waals surface area contributed by atoms with Crippen molar-refractivity contribution in [2.75, 3.05) is 6.26 Å². The summed E-state index contributed by atoms with van der Waals surface area (Å²) in [5.74, 6) is -0.174. The van der Waals surface area contributed by atoms with Crippen molar-refractivity contribution in [3.05, 3.63) is 65.2 Å². The highest BCUT2D eigenvalue weighted by Crippen LogP contribution is 2.29. The molecule has 0 saturated heterocycles. The number of carbonyl (C=O) groups excluding carboxylic acids is 1. The Balaban J connectivity index is 1.78. The van der Waals surface area contributed by atoms with E-state index in [1.54, 1.807) is 12.1 Å². The summed E-state index contributed by atoms with van der Waals surface area (Å²) in [6.45, 7) is 0. The van der Waals surface area contributed by atoms with E-state index in [9.17, 15) is 13.2 Å². The maximum absolute atomic E-state index is 12.4. The van der Waals surface area contributed by atoms with Crippen molar-refractivity contribution in [2.24, 2.45) is 0 Å². The van der Waals surface area contributed by atoms with Crippen molar-refractivity contribution >= 4 is 15.7 Å². The topological polar surface area (TPSA) is 63.2 Å². The zero-order chi connectivity index (χ0) is 16.4. The molecule has 2 aromatic rings. The molecule has 0 aromatic heterocycles. The van der Waals surface area contributed by atoms with E-state index in [0.29, 0.717) is 5.56 Å². The summed E-state index contributed by atoms with van der Waals surface area (Å²) < 4.78 is 22.9. The van der Waals surface area contributed by atoms with E-state index in [1.165, 1.54) is 23.3 Å². The van der Waals surface area contributed by atoms with Crippen molar-refractivity contribution in [1.29, 1.82) is 0 Å². The number of hydrogen-bond acceptors (Lipinski definition) is 3. The van der Waals surface area contributed by atoms with Gasteiger partial charge in [-0.25, -0.2) is 8.42 Å². The van der Waals surface area contributed by atoms with E-state index in [-0.39, 0.29) is 16.8 Å². The number of aryl methyl sites for hydroxylation is 1. The minimum Gasteiger partial charge on any atom is -0.345 e. The van der Waals surface area contributed by atoms with Gasteiger partial charge in [0.05, 0.1) is 10.9 Å². The predicted octanol–water partition coefficient (Wildman–Crippen LogP) is 2.90. The number of hydrogen-bond donors (Lipinski definition) is 1. The first kappa shape index (κ1) is 15.7. The van der Waals surface area contributed by atoms with Crippen LogP contribution in [0.3, 0.4) is 0 Å². The third kappa shape index (κ3) is 3.45. The van der Waals surface area contributed by atoms with E-state index in [0.717, 1.165) is 25.5 Å². The molecular weight excluding hydrogens is 310 g/mol. The minimum atomic E-state index is -3.24. The lowest BCUT2D eigenvalue weighted by Gasteiger charge is -2.26. The van der Waals surface area contributed by atoms with E-state index in [1.807, 2.05) is 12.1 Å². The summed E-state index contributed by atoms with van der Waals surface area (Å²) in [6, 6.07) is 14.2. The van der Waals surface area contributed by atoms with Crippen LogP contribution in [-0.2, 0) is 16.3 Å². The molecular formula is C18H19NO3S. The van der Waals surface area contributed by atoms with Crippen LogP contribution in [0.5, 0.6) is 0 Å². The Morgan fingerprint density at radius 2 is 1.78 bits per heavy atom. The molecule has 0 saturated carbocycles. The smallest absolute Gasteiger partial charge is 0.251 e. The maximum atomic E-state index is 12.4. The van der Waals surface area contributed by atoms with Crippen LogP contribution in [0, 0.1) is 0 Å². The van der Waals surface area contributed by atoms with Crippen LogP contribution >= 0.6 is 0 Å². The van der Waals surface area contributed by atoms with Crippen molar-refractivity contribution in [1.82, 2.24) is 5.32 Å². The zero-order valence-electron chi connectivity index (χ0n) is 13.0. The predicted molar refractivity (Wildman–Crippen MR) is 89.1 cm³/mol. The molecule has 2 aromatic carbocycles. The second kappa shape index (κ2) is 6.16. The first-order valence-electron chi connectivity index (χ1n) is 7.64. The summed E-state index contributed by atoms with van der Waals surface area (Å²) in [7, 11) is -3.24. The molecule has 1 aliphatic carbocycles. The summed E-state index contributed by atoms with van der Waals surface area (Å²) >= 11 is 0. The number of carbonyl (C=O) groups is 1. The average Bonchev–Trinajstić information content (AvgIpc) is 2.54. The van der Waals surface area contributed by atoms with Gasteiger partial charge in [-0.3, -0.25) is 4.79 Å². The van der Waals surface area contributed by atoms with Gasteiger partial charge in [0, 0.05) is 11.8 Å². The highest BCUT2D eigenvalue weighted by Gasteiger charge is 2.22. The van der Waals surface area contributed by atoms with Gasteiger partial charge in [-0.2, -0.15) is 0 Å². The van der Waals surface area contributed by atoms with Gasteiger partial charge in [0.15, 0.2) is 9.84 Å². The summed E-state index contributed by atoms with van der Waals surface area (Å²) in [5, 5.41) is 3.06. The number of amides is 1. The molecule has 0 spiro atoms. The molecule has 0 aliphatic heterocycles. The van der Waals surface area contributed by atoms with Gasteiger partial charge in [-0.05, 0) is 54.7 Å². The van der Waals surface area contributed by atoms with Crippen molar-refractivity contribution in [3.8, 4) is 0 Å². The summed E-state index contributed by atoms with van der Waals surface area (Å²) in [4.78, 5) is 12.6. The Hall–Kier alpha value is -2.14. The minimum absolute atomic E-state index is 0.0158. The molecule has 1 atom stereocenters. The Bertz CT molecular complexity index is 826. The van der Waals surface area contributed by atoms with Crippen molar-refractivity contribution in [2.45, 2.75) is 30.2 Å². The molecule has 1 N–H and O–H groups in total. The number of rotatable bonds is 3. The molecule has 5 heteroatoms. The molecule has 0 radical (unpaired) electrons. The lowest BCUT2D eigenvalue weighted by Crippen LogP contribution is -2.30. The summed E-state index contributed by atoms with van der Waals surface area (Å²) in [6.07, 6.45) is 4.17. The number of benzene rings is 2. The van der Waals surface area contributed by atoms with Gasteiger partial charge >= 0.3 is 0 Å². The normalized spacial score (nSPS) is 17.3. The number of sulfone groups is 1. The second-order valence-electron chi connectivity index (χ2n) is 5.91. The molecule has 0 unspecified atom stereocenters. The van der Waals surface area contributed by atoms with E-state index in [2.05, 4.69) is 17.4 Å². The van der Waals surface area contributed by atoms with Gasteiger partial charge in [0.1, 0.15) is 0 Å². The fraction of sp³-hybridized carbons (Fsp3) is 0.278. The number of fused-ring (bicyclic) bond motifs is 1. The quantitative estimate of drug-likeness (QED) is 0.942. The second-order valence-corrected chi connectivity index (χ2v) is 7.93. The largest absolute Gasteiger partial charge is 0.345 e. The van der Waals surface area contributed by atoms with E-state index >= 15 is 0 Å². The van der Waals surface area contributed by atoms with Crippen LogP contribution in [0.25, 0.3) is 0 Å². The molecule has 120 valence electrons. The van der Waals surface area contributed by atoms with Crippen LogP contribution in [-0.4, -0.2) is 20.6 Å². The first-order valence-corrected chi connectivity index (χ1v) is 9.53. The van der Waals surface area contributed by atoms with Crippen LogP contribution < -0.4 is 5.32 Å². The highest BCUT2D eigenvalue weighted by atomic mass is 32.2. The molecule has 23 heavy (non-hydrogen) atoms.